The average Bonchev–Trinajstić information content (AvgIpc) is 1.83. The van der Waals surface area contributed by atoms with E-state index in [0.29, 0.717) is 0 Å². The van der Waals surface area contributed by atoms with Crippen LogP contribution in [0.2, 0.25) is 0 Å². The Morgan fingerprint density at radius 3 is 1.73 bits per heavy atom. The SMILES string of the molecule is [Br-].[CH2-]c1c(F)cccc1F.[Mg+2]. The first-order chi connectivity index (χ1) is 4.22. The summed E-state index contributed by atoms with van der Waals surface area (Å²) in [6.07, 6.45) is 0. The van der Waals surface area contributed by atoms with Gasteiger partial charge in [-0.15, -0.1) is 5.56 Å². The number of rotatable bonds is 0. The Labute approximate surface area is 90.9 Å². The minimum Gasteiger partial charge on any atom is -1.00 e. The van der Waals surface area contributed by atoms with Gasteiger partial charge in [0.2, 0.25) is 0 Å². The van der Waals surface area contributed by atoms with E-state index in [1.807, 2.05) is 0 Å². The molecule has 0 saturated carbocycles. The third kappa shape index (κ3) is 3.40. The molecule has 1 rings (SSSR count). The first kappa shape index (κ1) is 13.8. The van der Waals surface area contributed by atoms with Gasteiger partial charge in [0, 0.05) is 11.6 Å². The van der Waals surface area contributed by atoms with Gasteiger partial charge >= 0.3 is 23.1 Å². The van der Waals surface area contributed by atoms with Crippen LogP contribution in [0.5, 0.6) is 0 Å². The quantitative estimate of drug-likeness (QED) is 0.387. The second-order valence-corrected chi connectivity index (χ2v) is 1.70. The zero-order chi connectivity index (χ0) is 6.85. The zero-order valence-corrected chi connectivity index (χ0v) is 8.78. The van der Waals surface area contributed by atoms with Gasteiger partial charge in [-0.1, -0.05) is 18.2 Å². The second-order valence-electron chi connectivity index (χ2n) is 1.70. The Morgan fingerprint density at radius 2 is 1.45 bits per heavy atom. The third-order valence-corrected chi connectivity index (χ3v) is 1.06. The Kier molecular flexibility index (Phi) is 7.25. The van der Waals surface area contributed by atoms with Crippen LogP contribution in [0.3, 0.4) is 0 Å². The zero-order valence-electron chi connectivity index (χ0n) is 5.78. The molecule has 0 bridgehead atoms. The van der Waals surface area contributed by atoms with Gasteiger partial charge in [-0.05, 0) is 0 Å². The van der Waals surface area contributed by atoms with Gasteiger partial charge in [-0.2, -0.15) is 6.92 Å². The molecule has 0 aliphatic heterocycles. The summed E-state index contributed by atoms with van der Waals surface area (Å²) in [7, 11) is 0. The van der Waals surface area contributed by atoms with E-state index in [4.69, 9.17) is 0 Å². The Balaban J connectivity index is 0. The van der Waals surface area contributed by atoms with Gasteiger partial charge in [0.05, 0.1) is 0 Å². The molecule has 0 aliphatic carbocycles. The molecule has 0 amide bonds. The van der Waals surface area contributed by atoms with Crippen LogP contribution in [0, 0.1) is 18.6 Å². The minimum atomic E-state index is -0.602. The maximum absolute atomic E-state index is 12.3. The van der Waals surface area contributed by atoms with Gasteiger partial charge in [-0.3, -0.25) is 8.78 Å². The Hall–Kier alpha value is 0.196. The largest absolute Gasteiger partial charge is 2.00 e. The molecule has 0 aliphatic rings. The molecule has 0 spiro atoms. The van der Waals surface area contributed by atoms with Crippen LogP contribution in [0.4, 0.5) is 8.78 Å². The summed E-state index contributed by atoms with van der Waals surface area (Å²) in [5.74, 6) is -1.20. The number of hydrogen-bond donors (Lipinski definition) is 0. The Morgan fingerprint density at radius 1 is 1.09 bits per heavy atom. The van der Waals surface area contributed by atoms with Crippen molar-refractivity contribution in [2.75, 3.05) is 0 Å². The average molecular weight is 231 g/mol. The Bertz CT molecular complexity index is 207. The van der Waals surface area contributed by atoms with Crippen molar-refractivity contribution in [3.8, 4) is 0 Å². The van der Waals surface area contributed by atoms with Crippen molar-refractivity contribution in [3.05, 3.63) is 42.3 Å². The van der Waals surface area contributed by atoms with Crippen LogP contribution in [-0.4, -0.2) is 23.1 Å². The van der Waals surface area contributed by atoms with E-state index in [9.17, 15) is 8.78 Å². The number of benzene rings is 1. The van der Waals surface area contributed by atoms with Crippen molar-refractivity contribution in [2.45, 2.75) is 0 Å². The molecule has 0 fully saturated rings. The molecule has 0 heterocycles. The second kappa shape index (κ2) is 5.80. The summed E-state index contributed by atoms with van der Waals surface area (Å²) >= 11 is 0. The fourth-order valence-corrected chi connectivity index (χ4v) is 0.532. The molecular formula is C7H5BrF2Mg. The van der Waals surface area contributed by atoms with E-state index in [0.717, 1.165) is 0 Å². The van der Waals surface area contributed by atoms with Crippen molar-refractivity contribution in [1.29, 1.82) is 0 Å². The van der Waals surface area contributed by atoms with Crippen LogP contribution < -0.4 is 17.0 Å². The van der Waals surface area contributed by atoms with Crippen molar-refractivity contribution in [2.24, 2.45) is 0 Å². The van der Waals surface area contributed by atoms with Crippen molar-refractivity contribution in [3.63, 3.8) is 0 Å². The predicted molar refractivity (Wildman–Crippen MR) is 36.6 cm³/mol. The molecule has 0 nitrogen and oxygen atoms in total. The standard InChI is InChI=1S/C7H5F2.BrH.Mg/c1-5-6(8)3-2-4-7(5)9;;/h2-4H,1H2;1H;/q-1;;+2/p-1. The minimum absolute atomic E-state index is 0. The normalized spacial score (nSPS) is 7.82. The molecular weight excluding hydrogens is 226 g/mol. The first-order valence-corrected chi connectivity index (χ1v) is 2.48. The molecule has 1 aromatic rings. The van der Waals surface area contributed by atoms with E-state index in [2.05, 4.69) is 6.92 Å². The van der Waals surface area contributed by atoms with Crippen LogP contribution in [0.15, 0.2) is 18.2 Å². The van der Waals surface area contributed by atoms with Crippen LogP contribution in [0.1, 0.15) is 5.56 Å². The smallest absolute Gasteiger partial charge is 1.00 e. The summed E-state index contributed by atoms with van der Waals surface area (Å²) in [6, 6.07) is 3.65. The van der Waals surface area contributed by atoms with Crippen molar-refractivity contribution < 1.29 is 25.8 Å². The summed E-state index contributed by atoms with van der Waals surface area (Å²) in [5, 5.41) is 0. The third-order valence-electron chi connectivity index (χ3n) is 1.06. The summed E-state index contributed by atoms with van der Waals surface area (Å²) < 4.78 is 24.6. The van der Waals surface area contributed by atoms with E-state index in [1.165, 1.54) is 18.2 Å². The van der Waals surface area contributed by atoms with E-state index in [1.54, 1.807) is 0 Å². The van der Waals surface area contributed by atoms with Crippen molar-refractivity contribution in [1.82, 2.24) is 0 Å². The summed E-state index contributed by atoms with van der Waals surface area (Å²) in [4.78, 5) is 0. The van der Waals surface area contributed by atoms with Gasteiger partial charge in [0.25, 0.3) is 0 Å². The molecule has 0 atom stereocenters. The molecule has 56 valence electrons. The predicted octanol–water partition coefficient (Wildman–Crippen LogP) is -1.23. The molecule has 0 saturated heterocycles. The molecule has 0 aromatic heterocycles. The van der Waals surface area contributed by atoms with Crippen molar-refractivity contribution >= 4 is 23.1 Å². The van der Waals surface area contributed by atoms with E-state index < -0.39 is 11.6 Å². The number of hydrogen-bond acceptors (Lipinski definition) is 0. The fraction of sp³-hybridized carbons (Fsp3) is 0. The molecule has 1 aromatic carbocycles. The van der Waals surface area contributed by atoms with E-state index >= 15 is 0 Å². The first-order valence-electron chi connectivity index (χ1n) is 2.48. The summed E-state index contributed by atoms with van der Waals surface area (Å²) in [6.45, 7) is 3.17. The maximum atomic E-state index is 12.3. The van der Waals surface area contributed by atoms with Gasteiger partial charge in [0.1, 0.15) is 0 Å². The molecule has 11 heavy (non-hydrogen) atoms. The van der Waals surface area contributed by atoms with Crippen LogP contribution in [-0.2, 0) is 0 Å². The number of halogens is 3. The topological polar surface area (TPSA) is 0 Å². The maximum Gasteiger partial charge on any atom is 2.00 e. The monoisotopic (exact) mass is 230 g/mol. The van der Waals surface area contributed by atoms with E-state index in [-0.39, 0.29) is 45.6 Å². The molecule has 0 unspecified atom stereocenters. The van der Waals surface area contributed by atoms with Gasteiger partial charge in [0.15, 0.2) is 0 Å². The molecule has 0 N–H and O–H groups in total. The van der Waals surface area contributed by atoms with Gasteiger partial charge < -0.3 is 17.0 Å². The molecule has 0 radical (unpaired) electrons. The van der Waals surface area contributed by atoms with Gasteiger partial charge in [-0.25, -0.2) is 0 Å². The van der Waals surface area contributed by atoms with Crippen LogP contribution in [0.25, 0.3) is 0 Å². The fourth-order valence-electron chi connectivity index (χ4n) is 0.532. The van der Waals surface area contributed by atoms with Crippen LogP contribution >= 0.6 is 0 Å². The summed E-state index contributed by atoms with van der Waals surface area (Å²) in [5.41, 5.74) is -0.169. The molecule has 4 heteroatoms.